The third kappa shape index (κ3) is 0.919. The first-order valence-corrected chi connectivity index (χ1v) is 3.56. The second kappa shape index (κ2) is 2.19. The van der Waals surface area contributed by atoms with Crippen LogP contribution >= 0.6 is 0 Å². The molecule has 0 aliphatic rings. The Hall–Kier alpha value is -2.11. The summed E-state index contributed by atoms with van der Waals surface area (Å²) in [5.74, 6) is 0. The van der Waals surface area contributed by atoms with Crippen molar-refractivity contribution in [3.8, 4) is 0 Å². The second-order valence-corrected chi connectivity index (χ2v) is 2.68. The van der Waals surface area contributed by atoms with E-state index in [0.717, 1.165) is 0 Å². The molecular weight excluding hydrogens is 172 g/mol. The molecule has 0 unspecified atom stereocenters. The number of benzene rings is 1. The van der Waals surface area contributed by atoms with Gasteiger partial charge in [0, 0.05) is 12.1 Å². The fourth-order valence-electron chi connectivity index (χ4n) is 1.11. The predicted molar refractivity (Wildman–Crippen MR) is 48.4 cm³/mol. The van der Waals surface area contributed by atoms with Crippen LogP contribution in [0.1, 0.15) is 0 Å². The van der Waals surface area contributed by atoms with Gasteiger partial charge in [0.25, 0.3) is 0 Å². The molecule has 1 heterocycles. The van der Waals surface area contributed by atoms with Crippen LogP contribution in [0.3, 0.4) is 0 Å². The summed E-state index contributed by atoms with van der Waals surface area (Å²) in [5, 5.41) is 11.2. The lowest BCUT2D eigenvalue weighted by atomic mass is 10.2. The molecule has 0 saturated carbocycles. The minimum atomic E-state index is -0.222. The summed E-state index contributed by atoms with van der Waals surface area (Å²) in [7, 11) is 0. The molecule has 6 N–H and O–H groups in total. The Morgan fingerprint density at radius 3 is 2.46 bits per heavy atom. The normalized spacial score (nSPS) is 10.8. The maximum Gasteiger partial charge on any atom is 0.456 e. The lowest BCUT2D eigenvalue weighted by molar-refractivity contribution is -0.565. The van der Waals surface area contributed by atoms with Crippen molar-refractivity contribution in [1.82, 2.24) is 0 Å². The Balaban J connectivity index is 2.89. The fourth-order valence-corrected chi connectivity index (χ4v) is 1.11. The summed E-state index contributed by atoms with van der Waals surface area (Å²) in [5.41, 5.74) is 17.6. The van der Waals surface area contributed by atoms with Gasteiger partial charge in [-0.2, -0.15) is 4.73 Å². The van der Waals surface area contributed by atoms with Crippen molar-refractivity contribution in [1.29, 1.82) is 0 Å². The lowest BCUT2D eigenvalue weighted by Gasteiger charge is -1.99. The number of nitrogens with zero attached hydrogens (tertiary/aromatic N) is 1. The molecule has 6 heteroatoms. The Morgan fingerprint density at radius 1 is 1.15 bits per heavy atom. The van der Waals surface area contributed by atoms with Crippen LogP contribution in [0, 0.1) is 5.21 Å². The second-order valence-electron chi connectivity index (χ2n) is 2.68. The van der Waals surface area contributed by atoms with Crippen molar-refractivity contribution in [2.24, 2.45) is 0 Å². The Labute approximate surface area is 73.1 Å². The van der Waals surface area contributed by atoms with Gasteiger partial charge in [0.1, 0.15) is 0 Å². The van der Waals surface area contributed by atoms with E-state index in [1.165, 1.54) is 12.1 Å². The van der Waals surface area contributed by atoms with E-state index in [1.54, 1.807) is 0 Å². The van der Waals surface area contributed by atoms with Gasteiger partial charge < -0.3 is 21.1 Å². The number of hydrogen-bond donors (Lipinski definition) is 3. The van der Waals surface area contributed by atoms with Crippen LogP contribution < -0.4 is 21.9 Å². The first-order valence-electron chi connectivity index (χ1n) is 3.56. The summed E-state index contributed by atoms with van der Waals surface area (Å²) in [6.07, 6.45) is 0. The number of rotatable bonds is 0. The first kappa shape index (κ1) is 7.53. The number of fused-ring (bicyclic) bond motifs is 1. The van der Waals surface area contributed by atoms with E-state index >= 15 is 0 Å². The van der Waals surface area contributed by atoms with Crippen LogP contribution in [-0.2, 0) is 0 Å². The number of nitrogens with two attached hydrogens (primary N) is 3. The van der Waals surface area contributed by atoms with E-state index in [1.807, 2.05) is 0 Å². The number of nitrogen functional groups attached to an aromatic ring is 3. The van der Waals surface area contributed by atoms with E-state index < -0.39 is 0 Å². The van der Waals surface area contributed by atoms with Gasteiger partial charge in [0.15, 0.2) is 11.1 Å². The SMILES string of the molecule is Nc1cc2oc(N)[n+]([O-])c2cc1N. The standard InChI is InChI=1S/C7H8N4O2/c8-3-1-5-6(2-4(3)9)13-7(10)11(5)12/h1-2H,8-10H2. The highest BCUT2D eigenvalue weighted by atomic mass is 16.5. The molecule has 2 rings (SSSR count). The van der Waals surface area contributed by atoms with Crippen LogP contribution in [0.25, 0.3) is 11.1 Å². The minimum Gasteiger partial charge on any atom is -0.708 e. The van der Waals surface area contributed by atoms with E-state index in [0.29, 0.717) is 21.7 Å². The molecule has 0 bridgehead atoms. The molecule has 0 saturated heterocycles. The topological polar surface area (TPSA) is 118 Å². The van der Waals surface area contributed by atoms with Crippen molar-refractivity contribution in [3.63, 3.8) is 0 Å². The fraction of sp³-hybridized carbons (Fsp3) is 0. The van der Waals surface area contributed by atoms with E-state index in [9.17, 15) is 5.21 Å². The van der Waals surface area contributed by atoms with Crippen molar-refractivity contribution < 1.29 is 9.15 Å². The molecule has 68 valence electrons. The average molecular weight is 180 g/mol. The minimum absolute atomic E-state index is 0.222. The summed E-state index contributed by atoms with van der Waals surface area (Å²) < 4.78 is 5.39. The van der Waals surface area contributed by atoms with Crippen LogP contribution in [0.4, 0.5) is 17.4 Å². The molecule has 0 aliphatic carbocycles. The van der Waals surface area contributed by atoms with Gasteiger partial charge >= 0.3 is 6.01 Å². The highest BCUT2D eigenvalue weighted by Crippen LogP contribution is 2.23. The Morgan fingerprint density at radius 2 is 1.77 bits per heavy atom. The van der Waals surface area contributed by atoms with Gasteiger partial charge in [-0.25, -0.2) is 0 Å². The highest BCUT2D eigenvalue weighted by Gasteiger charge is 2.12. The third-order valence-electron chi connectivity index (χ3n) is 1.80. The highest BCUT2D eigenvalue weighted by molar-refractivity contribution is 5.82. The molecule has 13 heavy (non-hydrogen) atoms. The number of oxazole rings is 1. The number of aromatic nitrogens is 1. The lowest BCUT2D eigenvalue weighted by Crippen LogP contribution is -2.27. The zero-order valence-electron chi connectivity index (χ0n) is 6.65. The number of anilines is 3. The van der Waals surface area contributed by atoms with Crippen LogP contribution in [0.5, 0.6) is 0 Å². The van der Waals surface area contributed by atoms with Gasteiger partial charge in [-0.15, -0.1) is 0 Å². The monoisotopic (exact) mass is 180 g/mol. The summed E-state index contributed by atoms with van der Waals surface area (Å²) in [6, 6.07) is 2.67. The maximum absolute atomic E-state index is 11.2. The van der Waals surface area contributed by atoms with Gasteiger partial charge in [-0.3, -0.25) is 5.73 Å². The van der Waals surface area contributed by atoms with E-state index in [4.69, 9.17) is 21.6 Å². The van der Waals surface area contributed by atoms with Crippen molar-refractivity contribution in [2.45, 2.75) is 0 Å². The van der Waals surface area contributed by atoms with Gasteiger partial charge in [0.05, 0.1) is 11.4 Å². The largest absolute Gasteiger partial charge is 0.708 e. The average Bonchev–Trinajstić information content (AvgIpc) is 2.32. The van der Waals surface area contributed by atoms with Crippen molar-refractivity contribution in [2.75, 3.05) is 17.2 Å². The molecule has 2 aromatic rings. The zero-order chi connectivity index (χ0) is 9.59. The molecule has 0 amide bonds. The van der Waals surface area contributed by atoms with Crippen molar-refractivity contribution in [3.05, 3.63) is 17.3 Å². The molecular formula is C7H8N4O2. The van der Waals surface area contributed by atoms with Gasteiger partial charge in [0.2, 0.25) is 0 Å². The van der Waals surface area contributed by atoms with Crippen LogP contribution in [0.2, 0.25) is 0 Å². The maximum atomic E-state index is 11.2. The summed E-state index contributed by atoms with van der Waals surface area (Å²) >= 11 is 0. The van der Waals surface area contributed by atoms with Crippen molar-refractivity contribution >= 4 is 28.5 Å². The molecule has 1 aromatic heterocycles. The molecule has 0 atom stereocenters. The molecule has 0 radical (unpaired) electrons. The smallest absolute Gasteiger partial charge is 0.456 e. The quantitative estimate of drug-likeness (QED) is 0.295. The predicted octanol–water partition coefficient (Wildman–Crippen LogP) is -0.187. The third-order valence-corrected chi connectivity index (χ3v) is 1.80. The first-order chi connectivity index (χ1) is 6.09. The molecule has 0 aliphatic heterocycles. The van der Waals surface area contributed by atoms with Crippen LogP contribution in [0.15, 0.2) is 16.5 Å². The molecule has 0 fully saturated rings. The Kier molecular flexibility index (Phi) is 1.27. The molecule has 6 nitrogen and oxygen atoms in total. The Bertz CT molecular complexity index is 477. The molecule has 1 aromatic carbocycles. The van der Waals surface area contributed by atoms with Gasteiger partial charge in [-0.05, 0) is 0 Å². The number of hydrogen-bond acceptors (Lipinski definition) is 5. The molecule has 0 spiro atoms. The van der Waals surface area contributed by atoms with Crippen LogP contribution in [-0.4, -0.2) is 0 Å². The summed E-state index contributed by atoms with van der Waals surface area (Å²) in [4.78, 5) is 0. The van der Waals surface area contributed by atoms with Gasteiger partial charge in [-0.1, -0.05) is 0 Å². The van der Waals surface area contributed by atoms with E-state index in [2.05, 4.69) is 0 Å². The van der Waals surface area contributed by atoms with E-state index in [-0.39, 0.29) is 11.5 Å². The summed E-state index contributed by atoms with van der Waals surface area (Å²) in [6.45, 7) is 0. The zero-order valence-corrected chi connectivity index (χ0v) is 6.65.